The van der Waals surface area contributed by atoms with Crippen LogP contribution in [-0.4, -0.2) is 25.1 Å². The monoisotopic (exact) mass is 476 g/mol. The van der Waals surface area contributed by atoms with Crippen LogP contribution in [-0.2, 0) is 4.43 Å². The van der Waals surface area contributed by atoms with Crippen molar-refractivity contribution in [3.8, 4) is 0 Å². The molecule has 1 N–H and O–H groups in total. The fourth-order valence-electron chi connectivity index (χ4n) is 7.28. The van der Waals surface area contributed by atoms with Crippen LogP contribution in [0.4, 0.5) is 0 Å². The highest BCUT2D eigenvalue weighted by Gasteiger charge is 2.58. The predicted molar refractivity (Wildman–Crippen MR) is 146 cm³/mol. The van der Waals surface area contributed by atoms with Gasteiger partial charge >= 0.3 is 0 Å². The van der Waals surface area contributed by atoms with E-state index in [4.69, 9.17) is 4.43 Å². The molecule has 2 saturated carbocycles. The second-order valence-electron chi connectivity index (χ2n) is 12.8. The number of benzene rings is 2. The first-order chi connectivity index (χ1) is 15.9. The summed E-state index contributed by atoms with van der Waals surface area (Å²) in [5, 5.41) is 13.3. The fraction of sp³-hybridized carbons (Fsp3) is 0.548. The molecular weight excluding hydrogens is 432 g/mol. The molecule has 4 rings (SSSR count). The highest BCUT2D eigenvalue weighted by atomic mass is 28.4. The van der Waals surface area contributed by atoms with E-state index in [1.807, 2.05) is 13.8 Å². The van der Waals surface area contributed by atoms with Crippen LogP contribution in [0, 0.1) is 17.3 Å². The minimum absolute atomic E-state index is 0.0267. The molecule has 2 aromatic carbocycles. The standard InChI is InChI=1S/C31H44O2Si/c1-23-18-19-27(31(7)21-20-24(28(23)31)22-30(5,6)32)33-34(29(2,3)4,25-14-10-8-11-15-25)26-16-12-9-13-17-26/h8-17,24,27-28,32H,1,18-22H2,2-7H3/t24-,27-,28+,31+/m1/s1. The van der Waals surface area contributed by atoms with E-state index < -0.39 is 13.9 Å². The summed E-state index contributed by atoms with van der Waals surface area (Å²) in [6, 6.07) is 22.0. The van der Waals surface area contributed by atoms with Gasteiger partial charge in [-0.3, -0.25) is 0 Å². The number of allylic oxidation sites excluding steroid dienone is 1. The first-order valence-electron chi connectivity index (χ1n) is 13.1. The molecule has 0 spiro atoms. The minimum atomic E-state index is -2.61. The van der Waals surface area contributed by atoms with Crippen LogP contribution in [0.25, 0.3) is 0 Å². The van der Waals surface area contributed by atoms with Gasteiger partial charge in [0, 0.05) is 0 Å². The maximum Gasteiger partial charge on any atom is 0.261 e. The summed E-state index contributed by atoms with van der Waals surface area (Å²) in [4.78, 5) is 0. The molecule has 2 nitrogen and oxygen atoms in total. The molecule has 0 bridgehead atoms. The zero-order valence-electron chi connectivity index (χ0n) is 22.1. The molecule has 2 fully saturated rings. The predicted octanol–water partition coefficient (Wildman–Crippen LogP) is 6.48. The minimum Gasteiger partial charge on any atom is -0.404 e. The van der Waals surface area contributed by atoms with Gasteiger partial charge in [-0.25, -0.2) is 0 Å². The van der Waals surface area contributed by atoms with Gasteiger partial charge < -0.3 is 9.53 Å². The summed E-state index contributed by atoms with van der Waals surface area (Å²) in [5.41, 5.74) is 0.775. The van der Waals surface area contributed by atoms with Crippen molar-refractivity contribution in [3.05, 3.63) is 72.8 Å². The smallest absolute Gasteiger partial charge is 0.261 e. The topological polar surface area (TPSA) is 29.5 Å². The molecule has 0 radical (unpaired) electrons. The van der Waals surface area contributed by atoms with Gasteiger partial charge in [0.05, 0.1) is 11.7 Å². The SMILES string of the molecule is C=C1CC[C@@H](O[Si](c2ccccc2)(c2ccccc2)C(C)(C)C)[C@]2(C)CC[C@H](CC(C)(C)O)[C@H]12. The third-order valence-corrected chi connectivity index (χ3v) is 13.7. The zero-order valence-corrected chi connectivity index (χ0v) is 23.1. The normalized spacial score (nSPS) is 28.1. The largest absolute Gasteiger partial charge is 0.404 e. The molecule has 4 atom stereocenters. The third kappa shape index (κ3) is 4.47. The Morgan fingerprint density at radius 3 is 1.94 bits per heavy atom. The first-order valence-corrected chi connectivity index (χ1v) is 15.0. The molecule has 0 heterocycles. The van der Waals surface area contributed by atoms with E-state index in [0.717, 1.165) is 32.1 Å². The Balaban J connectivity index is 1.80. The van der Waals surface area contributed by atoms with E-state index in [2.05, 4.69) is 94.9 Å². The maximum absolute atomic E-state index is 10.6. The van der Waals surface area contributed by atoms with E-state index in [-0.39, 0.29) is 16.6 Å². The Morgan fingerprint density at radius 2 is 1.47 bits per heavy atom. The molecule has 2 aliphatic rings. The molecule has 0 amide bonds. The summed E-state index contributed by atoms with van der Waals surface area (Å²) in [5.74, 6) is 0.888. The van der Waals surface area contributed by atoms with Crippen molar-refractivity contribution in [3.63, 3.8) is 0 Å². The molecule has 34 heavy (non-hydrogen) atoms. The summed E-state index contributed by atoms with van der Waals surface area (Å²) in [6.07, 6.45) is 5.35. The van der Waals surface area contributed by atoms with Crippen molar-refractivity contribution in [1.82, 2.24) is 0 Å². The summed E-state index contributed by atoms with van der Waals surface area (Å²) >= 11 is 0. The molecule has 0 aliphatic heterocycles. The number of hydrogen-bond acceptors (Lipinski definition) is 2. The molecule has 0 unspecified atom stereocenters. The maximum atomic E-state index is 10.6. The van der Waals surface area contributed by atoms with E-state index in [1.165, 1.54) is 15.9 Å². The van der Waals surface area contributed by atoms with Gasteiger partial charge in [-0.15, -0.1) is 0 Å². The molecule has 184 valence electrons. The summed E-state index contributed by atoms with van der Waals surface area (Å²) in [7, 11) is -2.61. The quantitative estimate of drug-likeness (QED) is 0.382. The van der Waals surface area contributed by atoms with Gasteiger partial charge in [-0.2, -0.15) is 0 Å². The second kappa shape index (κ2) is 9.08. The van der Waals surface area contributed by atoms with Crippen molar-refractivity contribution in [2.75, 3.05) is 0 Å². The highest BCUT2D eigenvalue weighted by Crippen LogP contribution is 2.59. The molecule has 3 heteroatoms. The Hall–Kier alpha value is -1.68. The molecule has 0 saturated heterocycles. The van der Waals surface area contributed by atoms with Crippen LogP contribution in [0.3, 0.4) is 0 Å². The average molecular weight is 477 g/mol. The van der Waals surface area contributed by atoms with E-state index in [1.54, 1.807) is 0 Å². The number of aliphatic hydroxyl groups is 1. The fourth-order valence-corrected chi connectivity index (χ4v) is 12.1. The molecule has 2 aliphatic carbocycles. The first kappa shape index (κ1) is 25.4. The van der Waals surface area contributed by atoms with Gasteiger partial charge in [-0.05, 0) is 78.6 Å². The Bertz CT molecular complexity index is 946. The number of fused-ring (bicyclic) bond motifs is 1. The van der Waals surface area contributed by atoms with Gasteiger partial charge in [0.15, 0.2) is 0 Å². The highest BCUT2D eigenvalue weighted by molar-refractivity contribution is 6.99. The van der Waals surface area contributed by atoms with Crippen LogP contribution in [0.15, 0.2) is 72.8 Å². The summed E-state index contributed by atoms with van der Waals surface area (Å²) in [6.45, 7) is 18.0. The lowest BCUT2D eigenvalue weighted by atomic mass is 9.63. The Morgan fingerprint density at radius 1 is 0.941 bits per heavy atom. The van der Waals surface area contributed by atoms with Crippen molar-refractivity contribution < 1.29 is 9.53 Å². The lowest BCUT2D eigenvalue weighted by Gasteiger charge is -2.52. The van der Waals surface area contributed by atoms with Crippen LogP contribution >= 0.6 is 0 Å². The van der Waals surface area contributed by atoms with Gasteiger partial charge in [0.1, 0.15) is 0 Å². The van der Waals surface area contributed by atoms with E-state index in [9.17, 15) is 5.11 Å². The van der Waals surface area contributed by atoms with Crippen LogP contribution in [0.1, 0.15) is 73.6 Å². The molecule has 2 aromatic rings. The molecular formula is C31H44O2Si. The van der Waals surface area contributed by atoms with Gasteiger partial charge in [-0.1, -0.05) is 101 Å². The van der Waals surface area contributed by atoms with Crippen molar-refractivity contribution in [2.24, 2.45) is 17.3 Å². The third-order valence-electron chi connectivity index (χ3n) is 8.64. The van der Waals surface area contributed by atoms with Crippen LogP contribution in [0.2, 0.25) is 5.04 Å². The van der Waals surface area contributed by atoms with Crippen LogP contribution < -0.4 is 10.4 Å². The number of rotatable bonds is 6. The lowest BCUT2D eigenvalue weighted by molar-refractivity contribution is -0.0117. The van der Waals surface area contributed by atoms with Crippen molar-refractivity contribution >= 4 is 18.7 Å². The van der Waals surface area contributed by atoms with E-state index >= 15 is 0 Å². The molecule has 0 aromatic heterocycles. The lowest BCUT2D eigenvalue weighted by Crippen LogP contribution is -2.69. The van der Waals surface area contributed by atoms with Gasteiger partial charge in [0.25, 0.3) is 8.32 Å². The van der Waals surface area contributed by atoms with E-state index in [0.29, 0.717) is 11.8 Å². The number of hydrogen-bond donors (Lipinski definition) is 1. The van der Waals surface area contributed by atoms with Crippen LogP contribution in [0.5, 0.6) is 0 Å². The second-order valence-corrected chi connectivity index (χ2v) is 17.0. The zero-order chi connectivity index (χ0) is 24.8. The van der Waals surface area contributed by atoms with Crippen molar-refractivity contribution in [2.45, 2.75) is 90.4 Å². The summed E-state index contributed by atoms with van der Waals surface area (Å²) < 4.78 is 7.69. The van der Waals surface area contributed by atoms with Crippen molar-refractivity contribution in [1.29, 1.82) is 0 Å². The Kier molecular flexibility index (Phi) is 6.78. The Labute approximate surface area is 208 Å². The average Bonchev–Trinajstić information content (AvgIpc) is 3.10. The van der Waals surface area contributed by atoms with Gasteiger partial charge in [0.2, 0.25) is 0 Å².